The molecule has 8 heteroatoms. The van der Waals surface area contributed by atoms with Crippen molar-refractivity contribution in [3.63, 3.8) is 0 Å². The van der Waals surface area contributed by atoms with E-state index >= 15 is 0 Å². The molecular weight excluding hydrogens is 414 g/mol. The minimum absolute atomic E-state index is 0.130. The van der Waals surface area contributed by atoms with Gasteiger partial charge >= 0.3 is 0 Å². The number of likely N-dealkylation sites (N-methyl/N-ethyl adjacent to an activating group) is 1. The second-order valence-electron chi connectivity index (χ2n) is 8.11. The van der Waals surface area contributed by atoms with Gasteiger partial charge in [0.1, 0.15) is 11.6 Å². The third-order valence-corrected chi connectivity index (χ3v) is 5.67. The van der Waals surface area contributed by atoms with Crippen molar-refractivity contribution >= 4 is 5.91 Å². The number of benzene rings is 2. The summed E-state index contributed by atoms with van der Waals surface area (Å²) in [6.45, 7) is 2.87. The zero-order chi connectivity index (χ0) is 23.3. The van der Waals surface area contributed by atoms with Crippen molar-refractivity contribution in [2.45, 2.75) is 44.6 Å². The molecule has 1 heterocycles. The van der Waals surface area contributed by atoms with Crippen LogP contribution >= 0.6 is 0 Å². The standard InChI is InChI=1S/C24H30F2N4O2/c1-3-16-5-4-6-17(9-16)14-28-15-22(31)21(12-18-10-19(25)13-20(26)11-18)30-8-7-29(2)24(30)23(27)32/h4-11,13,21-22,24,28,31H,3,12,14-15H2,1-2H3,(H2,27,32)/t21-,22-,24?/m0/s1. The Morgan fingerprint density at radius 2 is 1.81 bits per heavy atom. The topological polar surface area (TPSA) is 81.8 Å². The van der Waals surface area contributed by atoms with E-state index in [2.05, 4.69) is 24.4 Å². The van der Waals surface area contributed by atoms with Crippen LogP contribution in [0.3, 0.4) is 0 Å². The highest BCUT2D eigenvalue weighted by molar-refractivity contribution is 5.80. The van der Waals surface area contributed by atoms with Crippen LogP contribution in [0.25, 0.3) is 0 Å². The Bertz CT molecular complexity index is 949. The van der Waals surface area contributed by atoms with Crippen molar-refractivity contribution in [2.75, 3.05) is 13.6 Å². The maximum absolute atomic E-state index is 13.8. The second kappa shape index (κ2) is 10.6. The number of nitrogens with two attached hydrogens (primary N) is 1. The van der Waals surface area contributed by atoms with Crippen LogP contribution in [0.4, 0.5) is 8.78 Å². The second-order valence-corrected chi connectivity index (χ2v) is 8.11. The molecule has 0 saturated carbocycles. The maximum atomic E-state index is 13.8. The van der Waals surface area contributed by atoms with Crippen LogP contribution in [0, 0.1) is 11.6 Å². The molecule has 0 aliphatic carbocycles. The predicted molar refractivity (Wildman–Crippen MR) is 119 cm³/mol. The van der Waals surface area contributed by atoms with Crippen molar-refractivity contribution in [3.8, 4) is 0 Å². The van der Waals surface area contributed by atoms with E-state index in [4.69, 9.17) is 5.73 Å². The van der Waals surface area contributed by atoms with Gasteiger partial charge in [-0.05, 0) is 41.7 Å². The molecule has 0 fully saturated rings. The van der Waals surface area contributed by atoms with Crippen LogP contribution < -0.4 is 11.1 Å². The summed E-state index contributed by atoms with van der Waals surface area (Å²) in [5.41, 5.74) is 8.29. The molecule has 0 radical (unpaired) electrons. The van der Waals surface area contributed by atoms with Crippen molar-refractivity contribution in [2.24, 2.45) is 5.73 Å². The van der Waals surface area contributed by atoms with Gasteiger partial charge in [0, 0.05) is 38.6 Å². The van der Waals surface area contributed by atoms with Gasteiger partial charge in [0.05, 0.1) is 12.1 Å². The highest BCUT2D eigenvalue weighted by Crippen LogP contribution is 2.23. The molecule has 6 nitrogen and oxygen atoms in total. The number of primary amides is 1. The zero-order valence-electron chi connectivity index (χ0n) is 18.3. The third-order valence-electron chi connectivity index (χ3n) is 5.67. The number of aryl methyl sites for hydroxylation is 1. The van der Waals surface area contributed by atoms with Gasteiger partial charge in [-0.25, -0.2) is 8.78 Å². The number of rotatable bonds is 10. The van der Waals surface area contributed by atoms with E-state index < -0.39 is 35.9 Å². The highest BCUT2D eigenvalue weighted by atomic mass is 19.1. The summed E-state index contributed by atoms with van der Waals surface area (Å²) in [7, 11) is 1.70. The van der Waals surface area contributed by atoms with Gasteiger partial charge in [0.25, 0.3) is 5.91 Å². The van der Waals surface area contributed by atoms with Gasteiger partial charge in [-0.15, -0.1) is 0 Å². The quantitative estimate of drug-likeness (QED) is 0.523. The largest absolute Gasteiger partial charge is 0.390 e. The minimum atomic E-state index is -0.936. The number of carbonyl (C=O) groups excluding carboxylic acids is 1. The minimum Gasteiger partial charge on any atom is -0.390 e. The average molecular weight is 445 g/mol. The summed E-state index contributed by atoms with van der Waals surface area (Å²) in [5, 5.41) is 14.3. The van der Waals surface area contributed by atoms with E-state index in [0.717, 1.165) is 18.1 Å². The molecule has 0 saturated heterocycles. The van der Waals surface area contributed by atoms with Gasteiger partial charge in [-0.2, -0.15) is 0 Å². The predicted octanol–water partition coefficient (Wildman–Crippen LogP) is 2.12. The van der Waals surface area contributed by atoms with Crippen molar-refractivity contribution in [3.05, 3.63) is 83.2 Å². The summed E-state index contributed by atoms with van der Waals surface area (Å²) >= 11 is 0. The van der Waals surface area contributed by atoms with Gasteiger partial charge in [-0.3, -0.25) is 4.79 Å². The van der Waals surface area contributed by atoms with Crippen molar-refractivity contribution in [1.29, 1.82) is 0 Å². The molecule has 1 aliphatic rings. The number of hydrogen-bond acceptors (Lipinski definition) is 5. The fourth-order valence-corrected chi connectivity index (χ4v) is 4.07. The molecule has 1 unspecified atom stereocenters. The molecular formula is C24H30F2N4O2. The lowest BCUT2D eigenvalue weighted by Crippen LogP contribution is -2.56. The summed E-state index contributed by atoms with van der Waals surface area (Å²) in [6, 6.07) is 10.8. The highest BCUT2D eigenvalue weighted by Gasteiger charge is 2.37. The van der Waals surface area contributed by atoms with E-state index in [1.807, 2.05) is 12.1 Å². The molecule has 2 aromatic rings. The first-order chi connectivity index (χ1) is 15.3. The number of carbonyl (C=O) groups is 1. The summed E-state index contributed by atoms with van der Waals surface area (Å²) in [5.74, 6) is -1.96. The van der Waals surface area contributed by atoms with Gasteiger partial charge < -0.3 is 26.0 Å². The molecule has 0 aromatic heterocycles. The van der Waals surface area contributed by atoms with Crippen molar-refractivity contribution < 1.29 is 18.7 Å². The molecule has 0 bridgehead atoms. The van der Waals surface area contributed by atoms with Gasteiger partial charge in [0.15, 0.2) is 6.17 Å². The Morgan fingerprint density at radius 1 is 1.12 bits per heavy atom. The normalized spacial score (nSPS) is 17.6. The van der Waals surface area contributed by atoms with E-state index in [0.29, 0.717) is 12.1 Å². The van der Waals surface area contributed by atoms with Crippen LogP contribution in [0.5, 0.6) is 0 Å². The Kier molecular flexibility index (Phi) is 7.82. The van der Waals surface area contributed by atoms with Crippen LogP contribution in [-0.2, 0) is 24.2 Å². The number of aliphatic hydroxyl groups is 1. The number of aliphatic hydroxyl groups excluding tert-OH is 1. The molecule has 32 heavy (non-hydrogen) atoms. The first-order valence-corrected chi connectivity index (χ1v) is 10.7. The molecule has 2 aromatic carbocycles. The smallest absolute Gasteiger partial charge is 0.261 e. The molecule has 1 amide bonds. The molecule has 172 valence electrons. The monoisotopic (exact) mass is 444 g/mol. The first kappa shape index (κ1) is 23.7. The number of hydrogen-bond donors (Lipinski definition) is 3. The fraction of sp³-hybridized carbons (Fsp3) is 0.375. The van der Waals surface area contributed by atoms with Crippen LogP contribution in [0.1, 0.15) is 23.6 Å². The summed E-state index contributed by atoms with van der Waals surface area (Å²) in [4.78, 5) is 15.3. The molecule has 3 atom stereocenters. The summed E-state index contributed by atoms with van der Waals surface area (Å²) < 4.78 is 27.5. The number of nitrogens with one attached hydrogen (secondary N) is 1. The Morgan fingerprint density at radius 3 is 2.47 bits per heavy atom. The molecule has 3 rings (SSSR count). The van der Waals surface area contributed by atoms with E-state index in [1.54, 1.807) is 29.2 Å². The molecule has 4 N–H and O–H groups in total. The Labute approximate surface area is 187 Å². The van der Waals surface area contributed by atoms with Crippen LogP contribution in [-0.4, -0.2) is 52.7 Å². The van der Waals surface area contributed by atoms with E-state index in [1.165, 1.54) is 17.7 Å². The van der Waals surface area contributed by atoms with Crippen molar-refractivity contribution in [1.82, 2.24) is 15.1 Å². The summed E-state index contributed by atoms with van der Waals surface area (Å²) in [6.07, 6.45) is 2.69. The maximum Gasteiger partial charge on any atom is 0.261 e. The zero-order valence-corrected chi connectivity index (χ0v) is 18.3. The van der Waals surface area contributed by atoms with Gasteiger partial charge in [0.2, 0.25) is 0 Å². The Balaban J connectivity index is 1.76. The Hall–Kier alpha value is -2.97. The van der Waals surface area contributed by atoms with Crippen LogP contribution in [0.15, 0.2) is 54.9 Å². The number of halogens is 2. The fourth-order valence-electron chi connectivity index (χ4n) is 4.07. The lowest BCUT2D eigenvalue weighted by Gasteiger charge is -2.37. The number of amides is 1. The third kappa shape index (κ3) is 5.83. The van der Waals surface area contributed by atoms with Gasteiger partial charge in [-0.1, -0.05) is 31.2 Å². The van der Waals surface area contributed by atoms with E-state index in [-0.39, 0.29) is 13.0 Å². The average Bonchev–Trinajstić information content (AvgIpc) is 3.12. The lowest BCUT2D eigenvalue weighted by molar-refractivity contribution is -0.127. The first-order valence-electron chi connectivity index (χ1n) is 10.7. The lowest BCUT2D eigenvalue weighted by atomic mass is 9.98. The van der Waals surface area contributed by atoms with E-state index in [9.17, 15) is 18.7 Å². The number of nitrogens with zero attached hydrogens (tertiary/aromatic N) is 2. The molecule has 1 aliphatic heterocycles. The molecule has 0 spiro atoms. The van der Waals surface area contributed by atoms with Crippen LogP contribution in [0.2, 0.25) is 0 Å². The SMILES string of the molecule is CCc1cccc(CNC[C@H](O)[C@H](Cc2cc(F)cc(F)c2)N2C=CN(C)C2C(N)=O)c1.